The van der Waals surface area contributed by atoms with Crippen molar-refractivity contribution in [2.24, 2.45) is 0 Å². The van der Waals surface area contributed by atoms with E-state index in [0.29, 0.717) is 24.4 Å². The van der Waals surface area contributed by atoms with Crippen molar-refractivity contribution in [3.8, 4) is 0 Å². The Kier molecular flexibility index (Phi) is 4.71. The number of nitrogens with zero attached hydrogens (tertiary/aromatic N) is 2. The first-order chi connectivity index (χ1) is 7.22. The molecule has 15 heavy (non-hydrogen) atoms. The predicted octanol–water partition coefficient (Wildman–Crippen LogP) is 1.32. The molecule has 0 saturated carbocycles. The van der Waals surface area contributed by atoms with Crippen LogP contribution in [-0.2, 0) is 11.3 Å². The summed E-state index contributed by atoms with van der Waals surface area (Å²) in [5.41, 5.74) is 0. The molecule has 2 unspecified atom stereocenters. The molecule has 1 rings (SSSR count). The fraction of sp³-hybridized carbons (Fsp3) is 0.800. The minimum absolute atomic E-state index is 0.258. The molecule has 1 heterocycles. The summed E-state index contributed by atoms with van der Waals surface area (Å²) in [6.07, 6.45) is 0.969. The standard InChI is InChI=1S/C10H19N3O2/c1-5-8(7(2)11-3)10-12-9(6-14-4)13-15-10/h7-8,11H,5-6H2,1-4H3. The number of hydrogen-bond donors (Lipinski definition) is 1. The van der Waals surface area contributed by atoms with Gasteiger partial charge in [0.15, 0.2) is 5.82 Å². The highest BCUT2D eigenvalue weighted by Gasteiger charge is 2.22. The smallest absolute Gasteiger partial charge is 0.231 e. The third kappa shape index (κ3) is 3.00. The molecule has 0 aromatic carbocycles. The van der Waals surface area contributed by atoms with E-state index in [1.807, 2.05) is 7.05 Å². The van der Waals surface area contributed by atoms with Gasteiger partial charge in [-0.2, -0.15) is 4.98 Å². The SMILES string of the molecule is CCC(c1nc(COC)no1)C(C)NC. The van der Waals surface area contributed by atoms with Crippen LogP contribution in [0.5, 0.6) is 0 Å². The largest absolute Gasteiger partial charge is 0.377 e. The van der Waals surface area contributed by atoms with Gasteiger partial charge in [-0.3, -0.25) is 0 Å². The molecule has 0 amide bonds. The molecule has 0 spiro atoms. The summed E-state index contributed by atoms with van der Waals surface area (Å²) < 4.78 is 10.2. The van der Waals surface area contributed by atoms with E-state index in [0.717, 1.165) is 6.42 Å². The maximum absolute atomic E-state index is 5.21. The Labute approximate surface area is 90.2 Å². The molecule has 0 bridgehead atoms. The maximum atomic E-state index is 5.21. The van der Waals surface area contributed by atoms with Crippen LogP contribution < -0.4 is 5.32 Å². The van der Waals surface area contributed by atoms with Gasteiger partial charge in [-0.25, -0.2) is 0 Å². The Morgan fingerprint density at radius 1 is 1.53 bits per heavy atom. The van der Waals surface area contributed by atoms with Crippen molar-refractivity contribution < 1.29 is 9.26 Å². The first-order valence-electron chi connectivity index (χ1n) is 5.21. The van der Waals surface area contributed by atoms with Crippen LogP contribution in [0.1, 0.15) is 37.9 Å². The summed E-state index contributed by atoms with van der Waals surface area (Å²) in [6.45, 7) is 4.61. The van der Waals surface area contributed by atoms with E-state index in [1.54, 1.807) is 7.11 Å². The molecule has 1 aromatic heterocycles. The Morgan fingerprint density at radius 2 is 2.27 bits per heavy atom. The van der Waals surface area contributed by atoms with Crippen LogP contribution in [0.4, 0.5) is 0 Å². The Hall–Kier alpha value is -0.940. The first kappa shape index (κ1) is 12.1. The van der Waals surface area contributed by atoms with Gasteiger partial charge in [0.25, 0.3) is 0 Å². The van der Waals surface area contributed by atoms with Crippen molar-refractivity contribution in [1.29, 1.82) is 0 Å². The highest BCUT2D eigenvalue weighted by molar-refractivity contribution is 4.97. The van der Waals surface area contributed by atoms with Gasteiger partial charge in [0.1, 0.15) is 6.61 Å². The highest BCUT2D eigenvalue weighted by atomic mass is 16.5. The zero-order valence-corrected chi connectivity index (χ0v) is 9.78. The topological polar surface area (TPSA) is 60.2 Å². The number of nitrogens with one attached hydrogen (secondary N) is 1. The monoisotopic (exact) mass is 213 g/mol. The van der Waals surface area contributed by atoms with Crippen molar-refractivity contribution in [2.45, 2.75) is 38.8 Å². The molecule has 0 aliphatic heterocycles. The van der Waals surface area contributed by atoms with Crippen molar-refractivity contribution in [2.75, 3.05) is 14.2 Å². The van der Waals surface area contributed by atoms with Gasteiger partial charge in [-0.15, -0.1) is 0 Å². The minimum Gasteiger partial charge on any atom is -0.377 e. The lowest BCUT2D eigenvalue weighted by atomic mass is 9.98. The second kappa shape index (κ2) is 5.82. The summed E-state index contributed by atoms with van der Waals surface area (Å²) in [6, 6.07) is 0.325. The number of rotatable bonds is 6. The molecule has 1 aromatic rings. The second-order valence-electron chi connectivity index (χ2n) is 3.57. The van der Waals surface area contributed by atoms with Crippen molar-refractivity contribution >= 4 is 0 Å². The Morgan fingerprint density at radius 3 is 2.80 bits per heavy atom. The van der Waals surface area contributed by atoms with E-state index in [2.05, 4.69) is 29.3 Å². The van der Waals surface area contributed by atoms with E-state index in [4.69, 9.17) is 9.26 Å². The second-order valence-corrected chi connectivity index (χ2v) is 3.57. The fourth-order valence-electron chi connectivity index (χ4n) is 1.55. The van der Waals surface area contributed by atoms with Crippen molar-refractivity contribution in [3.05, 3.63) is 11.7 Å². The summed E-state index contributed by atoms with van der Waals surface area (Å²) in [7, 11) is 3.54. The maximum Gasteiger partial charge on any atom is 0.231 e. The van der Waals surface area contributed by atoms with Crippen LogP contribution in [-0.4, -0.2) is 30.3 Å². The van der Waals surface area contributed by atoms with Crippen LogP contribution in [0.2, 0.25) is 0 Å². The molecular formula is C10H19N3O2. The van der Waals surface area contributed by atoms with Crippen LogP contribution in [0.3, 0.4) is 0 Å². The van der Waals surface area contributed by atoms with Gasteiger partial charge >= 0.3 is 0 Å². The average molecular weight is 213 g/mol. The Bertz CT molecular complexity index is 288. The van der Waals surface area contributed by atoms with Gasteiger partial charge < -0.3 is 14.6 Å². The molecule has 2 atom stereocenters. The summed E-state index contributed by atoms with van der Waals surface area (Å²) >= 11 is 0. The third-order valence-corrected chi connectivity index (χ3v) is 2.57. The number of likely N-dealkylation sites (N-methyl/N-ethyl adjacent to an activating group) is 1. The number of methoxy groups -OCH3 is 1. The average Bonchev–Trinajstić information content (AvgIpc) is 2.68. The van der Waals surface area contributed by atoms with Gasteiger partial charge in [-0.1, -0.05) is 12.1 Å². The third-order valence-electron chi connectivity index (χ3n) is 2.57. The highest BCUT2D eigenvalue weighted by Crippen LogP contribution is 2.21. The van der Waals surface area contributed by atoms with E-state index in [-0.39, 0.29) is 5.92 Å². The lowest BCUT2D eigenvalue weighted by Crippen LogP contribution is -2.28. The summed E-state index contributed by atoms with van der Waals surface area (Å²) in [5, 5.41) is 7.05. The minimum atomic E-state index is 0.258. The van der Waals surface area contributed by atoms with E-state index in [1.165, 1.54) is 0 Å². The van der Waals surface area contributed by atoms with Gasteiger partial charge in [0.05, 0.1) is 5.92 Å². The lowest BCUT2D eigenvalue weighted by Gasteiger charge is -2.17. The Balaban J connectivity index is 2.73. The zero-order chi connectivity index (χ0) is 11.3. The van der Waals surface area contributed by atoms with Gasteiger partial charge in [-0.05, 0) is 20.4 Å². The molecule has 0 saturated heterocycles. The van der Waals surface area contributed by atoms with Crippen LogP contribution in [0.15, 0.2) is 4.52 Å². The van der Waals surface area contributed by atoms with E-state index >= 15 is 0 Å². The summed E-state index contributed by atoms with van der Waals surface area (Å²) in [4.78, 5) is 4.30. The van der Waals surface area contributed by atoms with Gasteiger partial charge in [0, 0.05) is 13.2 Å². The molecule has 1 N–H and O–H groups in total. The first-order valence-corrected chi connectivity index (χ1v) is 5.21. The molecule has 0 aliphatic carbocycles. The van der Waals surface area contributed by atoms with Crippen molar-refractivity contribution in [1.82, 2.24) is 15.5 Å². The molecule has 0 radical (unpaired) electrons. The van der Waals surface area contributed by atoms with Crippen LogP contribution >= 0.6 is 0 Å². The van der Waals surface area contributed by atoms with Crippen molar-refractivity contribution in [3.63, 3.8) is 0 Å². The molecule has 86 valence electrons. The summed E-state index contributed by atoms with van der Waals surface area (Å²) in [5.74, 6) is 1.55. The number of aromatic nitrogens is 2. The van der Waals surface area contributed by atoms with Crippen LogP contribution in [0, 0.1) is 0 Å². The zero-order valence-electron chi connectivity index (χ0n) is 9.78. The molecule has 0 aliphatic rings. The van der Waals surface area contributed by atoms with E-state index in [9.17, 15) is 0 Å². The number of hydrogen-bond acceptors (Lipinski definition) is 5. The predicted molar refractivity (Wildman–Crippen MR) is 56.6 cm³/mol. The van der Waals surface area contributed by atoms with Gasteiger partial charge in [0.2, 0.25) is 5.89 Å². The lowest BCUT2D eigenvalue weighted by molar-refractivity contribution is 0.174. The fourth-order valence-corrected chi connectivity index (χ4v) is 1.55. The molecule has 0 fully saturated rings. The molecule has 5 nitrogen and oxygen atoms in total. The molecular weight excluding hydrogens is 194 g/mol. The van der Waals surface area contributed by atoms with E-state index < -0.39 is 0 Å². The van der Waals surface area contributed by atoms with Crippen LogP contribution in [0.25, 0.3) is 0 Å². The number of ether oxygens (including phenoxy) is 1. The molecule has 5 heteroatoms. The normalized spacial score (nSPS) is 15.2. The quantitative estimate of drug-likeness (QED) is 0.772.